The Morgan fingerprint density at radius 1 is 1.11 bits per heavy atom. The molecule has 18 heavy (non-hydrogen) atoms. The van der Waals surface area contributed by atoms with E-state index < -0.39 is 0 Å². The van der Waals surface area contributed by atoms with Crippen molar-refractivity contribution in [3.63, 3.8) is 0 Å². The van der Waals surface area contributed by atoms with E-state index in [1.54, 1.807) is 0 Å². The van der Waals surface area contributed by atoms with Crippen LogP contribution in [0, 0.1) is 5.41 Å². The average molecular weight is 243 g/mol. The number of nitrogens with one attached hydrogen (secondary N) is 1. The summed E-state index contributed by atoms with van der Waals surface area (Å²) in [5, 5.41) is 3.87. The Morgan fingerprint density at radius 2 is 1.83 bits per heavy atom. The van der Waals surface area contributed by atoms with Crippen LogP contribution < -0.4 is 5.32 Å². The standard InChI is InChI=1S/C17H25N/c1-17(11-12-17)13-18-16-10-6-5-9-15(16)14-7-3-2-4-8-14/h2-4,7-8,15-16,18H,5-6,9-13H2,1H3. The predicted octanol–water partition coefficient (Wildman–Crippen LogP) is 4.10. The fraction of sp³-hybridized carbons (Fsp3) is 0.647. The molecule has 1 nitrogen and oxygen atoms in total. The van der Waals surface area contributed by atoms with Crippen molar-refractivity contribution in [2.24, 2.45) is 5.41 Å². The van der Waals surface area contributed by atoms with Gasteiger partial charge in [-0.2, -0.15) is 0 Å². The van der Waals surface area contributed by atoms with E-state index in [-0.39, 0.29) is 0 Å². The van der Waals surface area contributed by atoms with Gasteiger partial charge < -0.3 is 5.32 Å². The van der Waals surface area contributed by atoms with Crippen molar-refractivity contribution >= 4 is 0 Å². The van der Waals surface area contributed by atoms with Gasteiger partial charge in [0.1, 0.15) is 0 Å². The number of benzene rings is 1. The highest BCUT2D eigenvalue weighted by Gasteiger charge is 2.38. The van der Waals surface area contributed by atoms with E-state index in [0.29, 0.717) is 11.5 Å². The van der Waals surface area contributed by atoms with Gasteiger partial charge in [-0.1, -0.05) is 50.1 Å². The molecule has 2 fully saturated rings. The molecule has 0 heterocycles. The lowest BCUT2D eigenvalue weighted by Gasteiger charge is -2.33. The van der Waals surface area contributed by atoms with Crippen LogP contribution in [0.4, 0.5) is 0 Å². The van der Waals surface area contributed by atoms with Gasteiger partial charge in [0.15, 0.2) is 0 Å². The lowest BCUT2D eigenvalue weighted by atomic mass is 9.80. The summed E-state index contributed by atoms with van der Waals surface area (Å²) in [5.74, 6) is 0.738. The van der Waals surface area contributed by atoms with E-state index in [0.717, 1.165) is 5.92 Å². The van der Waals surface area contributed by atoms with E-state index in [1.807, 2.05) is 0 Å². The SMILES string of the molecule is CC1(CNC2CCCCC2c2ccccc2)CC1. The second-order valence-electron chi connectivity index (χ2n) is 6.60. The molecule has 1 aromatic carbocycles. The highest BCUT2D eigenvalue weighted by Crippen LogP contribution is 2.44. The van der Waals surface area contributed by atoms with Gasteiger partial charge in [0.05, 0.1) is 0 Å². The van der Waals surface area contributed by atoms with Crippen LogP contribution in [0.15, 0.2) is 30.3 Å². The molecule has 2 unspecified atom stereocenters. The Labute approximate surface area is 111 Å². The van der Waals surface area contributed by atoms with Crippen molar-refractivity contribution < 1.29 is 0 Å². The van der Waals surface area contributed by atoms with Gasteiger partial charge in [0, 0.05) is 12.6 Å². The van der Waals surface area contributed by atoms with Crippen LogP contribution in [0.2, 0.25) is 0 Å². The molecule has 1 N–H and O–H groups in total. The quantitative estimate of drug-likeness (QED) is 0.839. The van der Waals surface area contributed by atoms with Crippen LogP contribution in [0.3, 0.4) is 0 Å². The van der Waals surface area contributed by atoms with Gasteiger partial charge in [0.2, 0.25) is 0 Å². The van der Waals surface area contributed by atoms with E-state index in [9.17, 15) is 0 Å². The predicted molar refractivity (Wildman–Crippen MR) is 76.8 cm³/mol. The number of rotatable bonds is 4. The molecule has 2 aliphatic rings. The molecule has 2 aliphatic carbocycles. The van der Waals surface area contributed by atoms with Gasteiger partial charge in [-0.25, -0.2) is 0 Å². The molecule has 1 heteroatoms. The topological polar surface area (TPSA) is 12.0 Å². The third kappa shape index (κ3) is 2.77. The molecule has 0 aromatic heterocycles. The Morgan fingerprint density at radius 3 is 2.56 bits per heavy atom. The summed E-state index contributed by atoms with van der Waals surface area (Å²) in [7, 11) is 0. The average Bonchev–Trinajstić information content (AvgIpc) is 3.16. The van der Waals surface area contributed by atoms with Crippen LogP contribution in [0.5, 0.6) is 0 Å². The molecule has 0 spiro atoms. The van der Waals surface area contributed by atoms with Crippen LogP contribution in [-0.4, -0.2) is 12.6 Å². The summed E-state index contributed by atoms with van der Waals surface area (Å²) in [6, 6.07) is 11.8. The molecule has 2 saturated carbocycles. The molecular weight excluding hydrogens is 218 g/mol. The van der Waals surface area contributed by atoms with E-state index >= 15 is 0 Å². The van der Waals surface area contributed by atoms with Gasteiger partial charge in [0.25, 0.3) is 0 Å². The third-order valence-corrected chi connectivity index (χ3v) is 4.89. The van der Waals surface area contributed by atoms with Gasteiger partial charge in [-0.3, -0.25) is 0 Å². The molecule has 0 saturated heterocycles. The maximum absolute atomic E-state index is 3.87. The lowest BCUT2D eigenvalue weighted by molar-refractivity contribution is 0.308. The molecule has 0 radical (unpaired) electrons. The summed E-state index contributed by atoms with van der Waals surface area (Å²) < 4.78 is 0. The summed E-state index contributed by atoms with van der Waals surface area (Å²) >= 11 is 0. The zero-order valence-electron chi connectivity index (χ0n) is 11.5. The summed E-state index contributed by atoms with van der Waals surface area (Å²) in [5.41, 5.74) is 2.16. The zero-order valence-corrected chi connectivity index (χ0v) is 11.5. The zero-order chi connectivity index (χ0) is 12.4. The van der Waals surface area contributed by atoms with Crippen molar-refractivity contribution in [1.82, 2.24) is 5.32 Å². The van der Waals surface area contributed by atoms with E-state index in [1.165, 1.54) is 50.6 Å². The van der Waals surface area contributed by atoms with Crippen LogP contribution in [0.1, 0.15) is 56.9 Å². The second-order valence-corrected chi connectivity index (χ2v) is 6.60. The molecule has 2 atom stereocenters. The maximum Gasteiger partial charge on any atom is 0.0136 e. The summed E-state index contributed by atoms with van der Waals surface area (Å²) in [6.45, 7) is 3.64. The van der Waals surface area contributed by atoms with Crippen molar-refractivity contribution in [3.8, 4) is 0 Å². The summed E-state index contributed by atoms with van der Waals surface area (Å²) in [4.78, 5) is 0. The Balaban J connectivity index is 1.66. The van der Waals surface area contributed by atoms with Crippen LogP contribution in [-0.2, 0) is 0 Å². The highest BCUT2D eigenvalue weighted by molar-refractivity contribution is 5.22. The molecular formula is C17H25N. The smallest absolute Gasteiger partial charge is 0.0136 e. The molecule has 0 amide bonds. The Bertz CT molecular complexity index is 380. The first-order valence-electron chi connectivity index (χ1n) is 7.55. The molecule has 3 rings (SSSR count). The monoisotopic (exact) mass is 243 g/mol. The molecule has 0 bridgehead atoms. The van der Waals surface area contributed by atoms with Crippen molar-refractivity contribution in [2.75, 3.05) is 6.54 Å². The largest absolute Gasteiger partial charge is 0.313 e. The lowest BCUT2D eigenvalue weighted by Crippen LogP contribution is -2.39. The minimum absolute atomic E-state index is 0.624. The Kier molecular flexibility index (Phi) is 3.43. The Hall–Kier alpha value is -0.820. The number of hydrogen-bond donors (Lipinski definition) is 1. The second kappa shape index (κ2) is 5.05. The highest BCUT2D eigenvalue weighted by atomic mass is 14.9. The molecule has 1 aromatic rings. The minimum Gasteiger partial charge on any atom is -0.313 e. The van der Waals surface area contributed by atoms with E-state index in [4.69, 9.17) is 0 Å². The molecule has 0 aliphatic heterocycles. The van der Waals surface area contributed by atoms with Crippen LogP contribution in [0.25, 0.3) is 0 Å². The van der Waals surface area contributed by atoms with Crippen molar-refractivity contribution in [2.45, 2.75) is 57.4 Å². The van der Waals surface area contributed by atoms with Gasteiger partial charge in [-0.05, 0) is 42.6 Å². The number of hydrogen-bond acceptors (Lipinski definition) is 1. The maximum atomic E-state index is 3.87. The first-order valence-corrected chi connectivity index (χ1v) is 7.55. The van der Waals surface area contributed by atoms with Crippen molar-refractivity contribution in [1.29, 1.82) is 0 Å². The van der Waals surface area contributed by atoms with Crippen molar-refractivity contribution in [3.05, 3.63) is 35.9 Å². The normalized spacial score (nSPS) is 30.1. The van der Waals surface area contributed by atoms with Gasteiger partial charge in [-0.15, -0.1) is 0 Å². The van der Waals surface area contributed by atoms with Gasteiger partial charge >= 0.3 is 0 Å². The molecule has 98 valence electrons. The van der Waals surface area contributed by atoms with E-state index in [2.05, 4.69) is 42.6 Å². The third-order valence-electron chi connectivity index (χ3n) is 4.89. The fourth-order valence-corrected chi connectivity index (χ4v) is 3.24. The first kappa shape index (κ1) is 12.2. The first-order chi connectivity index (χ1) is 8.77. The summed E-state index contributed by atoms with van der Waals surface area (Å²) in [6.07, 6.45) is 8.35. The fourth-order valence-electron chi connectivity index (χ4n) is 3.24. The minimum atomic E-state index is 0.624. The van der Waals surface area contributed by atoms with Crippen LogP contribution >= 0.6 is 0 Å².